The number of rotatable bonds is 4. The molecule has 1 rings (SSSR count). The average molecular weight is 249 g/mol. The van der Waals surface area contributed by atoms with Crippen LogP contribution in [0.3, 0.4) is 0 Å². The quantitative estimate of drug-likeness (QED) is 0.824. The third kappa shape index (κ3) is 3.54. The molecule has 0 aliphatic carbocycles. The van der Waals surface area contributed by atoms with Crippen molar-refractivity contribution in [3.63, 3.8) is 0 Å². The minimum atomic E-state index is -0.913. The fourth-order valence-electron chi connectivity index (χ4n) is 0.953. The second-order valence-electron chi connectivity index (χ2n) is 2.97. The van der Waals surface area contributed by atoms with E-state index in [0.29, 0.717) is 0 Å². The Balaban J connectivity index is 2.54. The Morgan fingerprint density at radius 3 is 3.06 bits per heavy atom. The van der Waals surface area contributed by atoms with E-state index in [1.165, 1.54) is 12.3 Å². The molecule has 0 aliphatic rings. The summed E-state index contributed by atoms with van der Waals surface area (Å²) in [6, 6.07) is 1.32. The van der Waals surface area contributed by atoms with Gasteiger partial charge in [0.25, 0.3) is 0 Å². The number of pyridine rings is 1. The van der Waals surface area contributed by atoms with Gasteiger partial charge in [-0.3, -0.25) is 0 Å². The van der Waals surface area contributed by atoms with Crippen LogP contribution < -0.4 is 10.5 Å². The first-order chi connectivity index (χ1) is 7.50. The van der Waals surface area contributed by atoms with E-state index in [4.69, 9.17) is 22.1 Å². The van der Waals surface area contributed by atoms with Gasteiger partial charge in [0.05, 0.1) is 0 Å². The van der Waals surface area contributed by atoms with Crippen molar-refractivity contribution in [1.82, 2.24) is 4.98 Å². The van der Waals surface area contributed by atoms with E-state index in [1.54, 1.807) is 6.92 Å². The fourth-order valence-corrected chi connectivity index (χ4v) is 1.10. The van der Waals surface area contributed by atoms with Gasteiger partial charge in [-0.1, -0.05) is 11.6 Å². The van der Waals surface area contributed by atoms with E-state index in [-0.39, 0.29) is 17.5 Å². The monoisotopic (exact) mass is 248 g/mol. The third-order valence-corrected chi connectivity index (χ3v) is 1.87. The standard InChI is InChI=1S/C9H10ClFN2O3/c1-5(16-9(12)14)4-15-6-2-3-13-8(10)7(6)11/h2-3,5H,4H2,1H3,(H2,12,14). The van der Waals surface area contributed by atoms with E-state index >= 15 is 0 Å². The topological polar surface area (TPSA) is 74.4 Å². The molecule has 16 heavy (non-hydrogen) atoms. The van der Waals surface area contributed by atoms with Gasteiger partial charge in [-0.25, -0.2) is 9.78 Å². The van der Waals surface area contributed by atoms with Crippen LogP contribution >= 0.6 is 11.6 Å². The van der Waals surface area contributed by atoms with Crippen LogP contribution in [0.5, 0.6) is 5.75 Å². The van der Waals surface area contributed by atoms with Crippen molar-refractivity contribution >= 4 is 17.7 Å². The maximum atomic E-state index is 13.3. The van der Waals surface area contributed by atoms with Crippen LogP contribution in [0, 0.1) is 5.82 Å². The molecular formula is C9H10ClFN2O3. The highest BCUT2D eigenvalue weighted by Crippen LogP contribution is 2.21. The van der Waals surface area contributed by atoms with Crippen molar-refractivity contribution in [1.29, 1.82) is 0 Å². The average Bonchev–Trinajstić information content (AvgIpc) is 2.19. The number of nitrogens with zero attached hydrogens (tertiary/aromatic N) is 1. The molecule has 0 aromatic carbocycles. The molecule has 1 aromatic rings. The van der Waals surface area contributed by atoms with Gasteiger partial charge in [-0.05, 0) is 6.92 Å². The molecule has 2 N–H and O–H groups in total. The van der Waals surface area contributed by atoms with Gasteiger partial charge >= 0.3 is 6.09 Å². The van der Waals surface area contributed by atoms with Gasteiger partial charge in [0.1, 0.15) is 12.7 Å². The Kier molecular flexibility index (Phi) is 4.30. The lowest BCUT2D eigenvalue weighted by Crippen LogP contribution is -2.25. The minimum absolute atomic E-state index is 0.0276. The molecule has 0 aliphatic heterocycles. The van der Waals surface area contributed by atoms with Crippen LogP contribution in [0.25, 0.3) is 0 Å². The molecule has 1 amide bonds. The molecule has 0 saturated carbocycles. The van der Waals surface area contributed by atoms with Crippen LogP contribution in [-0.2, 0) is 4.74 Å². The van der Waals surface area contributed by atoms with Crippen LogP contribution in [0.2, 0.25) is 5.15 Å². The Hall–Kier alpha value is -1.56. The predicted molar refractivity (Wildman–Crippen MR) is 54.8 cm³/mol. The van der Waals surface area contributed by atoms with Gasteiger partial charge in [-0.2, -0.15) is 4.39 Å². The maximum Gasteiger partial charge on any atom is 0.404 e. The highest BCUT2D eigenvalue weighted by atomic mass is 35.5. The maximum absolute atomic E-state index is 13.3. The van der Waals surface area contributed by atoms with E-state index in [1.807, 2.05) is 0 Å². The second kappa shape index (κ2) is 5.50. The summed E-state index contributed by atoms with van der Waals surface area (Å²) in [7, 11) is 0. The summed E-state index contributed by atoms with van der Waals surface area (Å²) in [6.45, 7) is 1.53. The number of nitrogens with two attached hydrogens (primary N) is 1. The molecule has 0 bridgehead atoms. The number of carbonyl (C=O) groups is 1. The molecule has 88 valence electrons. The molecule has 0 saturated heterocycles. The number of aromatic nitrogens is 1. The van der Waals surface area contributed by atoms with E-state index in [0.717, 1.165) is 0 Å². The molecule has 1 atom stereocenters. The highest BCUT2D eigenvalue weighted by molar-refractivity contribution is 6.29. The number of hydrogen-bond donors (Lipinski definition) is 1. The molecule has 0 spiro atoms. The van der Waals surface area contributed by atoms with E-state index < -0.39 is 18.0 Å². The van der Waals surface area contributed by atoms with Crippen LogP contribution in [0.4, 0.5) is 9.18 Å². The van der Waals surface area contributed by atoms with E-state index in [9.17, 15) is 9.18 Å². The smallest absolute Gasteiger partial charge is 0.404 e. The summed E-state index contributed by atoms with van der Waals surface area (Å²) in [5.41, 5.74) is 4.79. The Morgan fingerprint density at radius 1 is 1.75 bits per heavy atom. The zero-order valence-corrected chi connectivity index (χ0v) is 9.20. The van der Waals surface area contributed by atoms with Crippen molar-refractivity contribution in [3.8, 4) is 5.75 Å². The molecule has 1 heterocycles. The SMILES string of the molecule is CC(COc1ccnc(Cl)c1F)OC(N)=O. The first kappa shape index (κ1) is 12.5. The Labute approximate surface area is 96.3 Å². The molecule has 0 fully saturated rings. The minimum Gasteiger partial charge on any atom is -0.486 e. The number of halogens is 2. The van der Waals surface area contributed by atoms with Crippen LogP contribution in [-0.4, -0.2) is 23.8 Å². The Morgan fingerprint density at radius 2 is 2.44 bits per heavy atom. The molecule has 1 aromatic heterocycles. The summed E-state index contributed by atoms with van der Waals surface area (Å²) >= 11 is 5.44. The van der Waals surface area contributed by atoms with Crippen molar-refractivity contribution < 1.29 is 18.7 Å². The number of carbonyl (C=O) groups excluding carboxylic acids is 1. The van der Waals surface area contributed by atoms with Crippen molar-refractivity contribution in [2.24, 2.45) is 5.73 Å². The van der Waals surface area contributed by atoms with Crippen LogP contribution in [0.1, 0.15) is 6.92 Å². The van der Waals surface area contributed by atoms with Gasteiger partial charge in [0.2, 0.25) is 5.82 Å². The lowest BCUT2D eigenvalue weighted by molar-refractivity contribution is 0.0810. The molecule has 0 radical (unpaired) electrons. The van der Waals surface area contributed by atoms with Crippen molar-refractivity contribution in [2.75, 3.05) is 6.61 Å². The lowest BCUT2D eigenvalue weighted by Gasteiger charge is -2.13. The lowest BCUT2D eigenvalue weighted by atomic mass is 10.4. The number of amides is 1. The van der Waals surface area contributed by atoms with E-state index in [2.05, 4.69) is 9.72 Å². The first-order valence-electron chi connectivity index (χ1n) is 4.39. The largest absolute Gasteiger partial charge is 0.486 e. The number of ether oxygens (including phenoxy) is 2. The second-order valence-corrected chi connectivity index (χ2v) is 3.33. The summed E-state index contributed by atoms with van der Waals surface area (Å²) in [4.78, 5) is 13.9. The summed E-state index contributed by atoms with van der Waals surface area (Å²) in [5, 5.41) is -0.277. The predicted octanol–water partition coefficient (Wildman–Crippen LogP) is 1.74. The Bertz CT molecular complexity index is 389. The fraction of sp³-hybridized carbons (Fsp3) is 0.333. The zero-order valence-electron chi connectivity index (χ0n) is 8.44. The number of primary amides is 1. The van der Waals surface area contributed by atoms with Gasteiger partial charge in [0.15, 0.2) is 10.9 Å². The van der Waals surface area contributed by atoms with Gasteiger partial charge in [-0.15, -0.1) is 0 Å². The van der Waals surface area contributed by atoms with Crippen molar-refractivity contribution in [3.05, 3.63) is 23.2 Å². The third-order valence-electron chi connectivity index (χ3n) is 1.60. The number of hydrogen-bond acceptors (Lipinski definition) is 4. The highest BCUT2D eigenvalue weighted by Gasteiger charge is 2.11. The molecule has 5 nitrogen and oxygen atoms in total. The van der Waals surface area contributed by atoms with Gasteiger partial charge < -0.3 is 15.2 Å². The zero-order chi connectivity index (χ0) is 12.1. The molecule has 7 heteroatoms. The summed E-state index contributed by atoms with van der Waals surface area (Å²) < 4.78 is 22.9. The first-order valence-corrected chi connectivity index (χ1v) is 4.77. The molecular weight excluding hydrogens is 239 g/mol. The van der Waals surface area contributed by atoms with Gasteiger partial charge in [0, 0.05) is 12.3 Å². The molecule has 1 unspecified atom stereocenters. The summed E-state index contributed by atoms with van der Waals surface area (Å²) in [6.07, 6.45) is -0.187. The summed E-state index contributed by atoms with van der Waals surface area (Å²) in [5.74, 6) is -0.810. The van der Waals surface area contributed by atoms with Crippen molar-refractivity contribution in [2.45, 2.75) is 13.0 Å². The normalized spacial score (nSPS) is 11.9. The van der Waals surface area contributed by atoms with Crippen LogP contribution in [0.15, 0.2) is 12.3 Å².